The number of para-hydroxylation sites is 1. The number of nitrogen functional groups attached to an aromatic ring is 1. The first-order valence-corrected chi connectivity index (χ1v) is 10.4. The fourth-order valence-corrected chi connectivity index (χ4v) is 4.14. The van der Waals surface area contributed by atoms with Gasteiger partial charge >= 0.3 is 5.97 Å². The Labute approximate surface area is 189 Å². The smallest absolute Gasteiger partial charge is 0.305 e. The Morgan fingerprint density at radius 1 is 1.12 bits per heavy atom. The largest absolute Gasteiger partial charge is 0.494 e. The maximum absolute atomic E-state index is 11.5. The number of imidazole rings is 1. The van der Waals surface area contributed by atoms with E-state index in [1.165, 1.54) is 0 Å². The highest BCUT2D eigenvalue weighted by Crippen LogP contribution is 2.37. The SMILES string of the molecule is Cn1c(N)nc2c(Oc3ccc4c(O)n([C@@H](CC(=O)O)c5ccccc5)cc4c3)cccc21. The van der Waals surface area contributed by atoms with Crippen LogP contribution < -0.4 is 10.5 Å². The number of aromatic hydroxyl groups is 1. The number of benzene rings is 3. The molecule has 0 aliphatic heterocycles. The van der Waals surface area contributed by atoms with Crippen LogP contribution in [0.15, 0.2) is 72.9 Å². The fraction of sp³-hybridized carbons (Fsp3) is 0.120. The highest BCUT2D eigenvalue weighted by Gasteiger charge is 2.22. The zero-order chi connectivity index (χ0) is 23.1. The van der Waals surface area contributed by atoms with Crippen LogP contribution in [0.1, 0.15) is 18.0 Å². The van der Waals surface area contributed by atoms with Crippen LogP contribution in [0.5, 0.6) is 17.4 Å². The lowest BCUT2D eigenvalue weighted by atomic mass is 10.0. The first kappa shape index (κ1) is 20.4. The first-order chi connectivity index (χ1) is 15.9. The third-order valence-corrected chi connectivity index (χ3v) is 5.81. The van der Waals surface area contributed by atoms with Crippen molar-refractivity contribution in [2.75, 3.05) is 5.73 Å². The zero-order valence-electron chi connectivity index (χ0n) is 17.8. The number of aromatic nitrogens is 3. The van der Waals surface area contributed by atoms with Crippen molar-refractivity contribution in [3.05, 3.63) is 78.5 Å². The highest BCUT2D eigenvalue weighted by molar-refractivity contribution is 5.90. The molecule has 33 heavy (non-hydrogen) atoms. The number of carboxylic acid groups (broad SMARTS) is 1. The lowest BCUT2D eigenvalue weighted by Gasteiger charge is -2.18. The van der Waals surface area contributed by atoms with Gasteiger partial charge in [-0.1, -0.05) is 36.4 Å². The van der Waals surface area contributed by atoms with Crippen LogP contribution in [0, 0.1) is 0 Å². The average Bonchev–Trinajstić information content (AvgIpc) is 3.29. The van der Waals surface area contributed by atoms with E-state index < -0.39 is 12.0 Å². The number of carbonyl (C=O) groups is 1. The molecule has 8 nitrogen and oxygen atoms in total. The molecule has 1 atom stereocenters. The van der Waals surface area contributed by atoms with Crippen molar-refractivity contribution in [2.24, 2.45) is 7.05 Å². The number of anilines is 1. The van der Waals surface area contributed by atoms with Gasteiger partial charge in [-0.2, -0.15) is 0 Å². The minimum absolute atomic E-state index is 0.00579. The second kappa shape index (κ2) is 7.90. The van der Waals surface area contributed by atoms with E-state index in [0.29, 0.717) is 28.4 Å². The summed E-state index contributed by atoms with van der Waals surface area (Å²) in [5.41, 5.74) is 8.25. The molecule has 0 amide bonds. The molecular formula is C25H22N4O4. The van der Waals surface area contributed by atoms with E-state index in [4.69, 9.17) is 10.5 Å². The number of carboxylic acids is 1. The molecular weight excluding hydrogens is 420 g/mol. The third-order valence-electron chi connectivity index (χ3n) is 5.81. The summed E-state index contributed by atoms with van der Waals surface area (Å²) in [4.78, 5) is 15.9. The summed E-state index contributed by atoms with van der Waals surface area (Å²) in [5, 5.41) is 21.7. The van der Waals surface area contributed by atoms with E-state index in [1.54, 1.807) is 33.5 Å². The quantitative estimate of drug-likeness (QED) is 0.352. The van der Waals surface area contributed by atoms with Gasteiger partial charge in [0, 0.05) is 24.0 Å². The molecule has 3 aromatic carbocycles. The van der Waals surface area contributed by atoms with Gasteiger partial charge in [0.2, 0.25) is 5.95 Å². The number of rotatable bonds is 6. The van der Waals surface area contributed by atoms with Crippen LogP contribution in [0.2, 0.25) is 0 Å². The summed E-state index contributed by atoms with van der Waals surface area (Å²) in [6.07, 6.45) is 1.59. The van der Waals surface area contributed by atoms with Crippen LogP contribution in [0.25, 0.3) is 21.8 Å². The monoisotopic (exact) mass is 442 g/mol. The van der Waals surface area contributed by atoms with Crippen molar-refractivity contribution in [2.45, 2.75) is 12.5 Å². The standard InChI is InChI=1S/C25H22N4O4/c1-28-19-8-5-9-21(23(19)27-25(28)26)33-17-10-11-18-16(12-17)14-29(24(18)32)20(13-22(30)31)15-6-3-2-4-7-15/h2-12,14,20,32H,13H2,1H3,(H2,26,27)(H,30,31)/t20-/m0/s1. The number of fused-ring (bicyclic) bond motifs is 2. The van der Waals surface area contributed by atoms with Gasteiger partial charge in [-0.3, -0.25) is 4.79 Å². The van der Waals surface area contributed by atoms with Crippen molar-refractivity contribution in [1.82, 2.24) is 14.1 Å². The summed E-state index contributed by atoms with van der Waals surface area (Å²) < 4.78 is 9.49. The molecule has 0 fully saturated rings. The molecule has 0 aliphatic rings. The number of aliphatic carboxylic acids is 1. The van der Waals surface area contributed by atoms with E-state index in [9.17, 15) is 15.0 Å². The molecule has 0 radical (unpaired) electrons. The Hall–Kier alpha value is -4.46. The number of hydrogen-bond acceptors (Lipinski definition) is 5. The van der Waals surface area contributed by atoms with Gasteiger partial charge in [0.15, 0.2) is 11.6 Å². The Morgan fingerprint density at radius 2 is 1.91 bits per heavy atom. The minimum atomic E-state index is -0.951. The van der Waals surface area contributed by atoms with E-state index >= 15 is 0 Å². The predicted octanol–water partition coefficient (Wildman–Crippen LogP) is 4.67. The molecule has 0 spiro atoms. The summed E-state index contributed by atoms with van der Waals surface area (Å²) >= 11 is 0. The molecule has 8 heteroatoms. The second-order valence-corrected chi connectivity index (χ2v) is 7.89. The molecule has 2 heterocycles. The first-order valence-electron chi connectivity index (χ1n) is 10.4. The molecule has 5 aromatic rings. The van der Waals surface area contributed by atoms with Crippen LogP contribution in [0.3, 0.4) is 0 Å². The number of aryl methyl sites for hydroxylation is 1. The molecule has 0 saturated carbocycles. The van der Waals surface area contributed by atoms with Crippen molar-refractivity contribution in [1.29, 1.82) is 0 Å². The van der Waals surface area contributed by atoms with Crippen LogP contribution in [-0.2, 0) is 11.8 Å². The molecule has 0 aliphatic carbocycles. The Kier molecular flexibility index (Phi) is 4.90. The Morgan fingerprint density at radius 3 is 2.67 bits per heavy atom. The van der Waals surface area contributed by atoms with E-state index in [2.05, 4.69) is 4.98 Å². The predicted molar refractivity (Wildman–Crippen MR) is 126 cm³/mol. The van der Waals surface area contributed by atoms with Gasteiger partial charge in [0.05, 0.1) is 18.0 Å². The number of nitrogens with two attached hydrogens (primary N) is 1. The average molecular weight is 442 g/mol. The normalized spacial score (nSPS) is 12.3. The van der Waals surface area contributed by atoms with Crippen molar-refractivity contribution >= 4 is 33.7 Å². The summed E-state index contributed by atoms with van der Waals surface area (Å²) in [6.45, 7) is 0. The third kappa shape index (κ3) is 3.61. The molecule has 166 valence electrons. The maximum Gasteiger partial charge on any atom is 0.305 e. The summed E-state index contributed by atoms with van der Waals surface area (Å²) in [7, 11) is 1.84. The van der Waals surface area contributed by atoms with E-state index in [-0.39, 0.29) is 12.3 Å². The Balaban J connectivity index is 1.55. The molecule has 2 aromatic heterocycles. The van der Waals surface area contributed by atoms with Crippen molar-refractivity contribution in [3.8, 4) is 17.4 Å². The summed E-state index contributed by atoms with van der Waals surface area (Å²) in [5.74, 6) is 0.574. The minimum Gasteiger partial charge on any atom is -0.494 e. The zero-order valence-corrected chi connectivity index (χ0v) is 17.8. The van der Waals surface area contributed by atoms with Crippen LogP contribution in [-0.4, -0.2) is 30.3 Å². The van der Waals surface area contributed by atoms with Crippen LogP contribution in [0.4, 0.5) is 5.95 Å². The molecule has 5 rings (SSSR count). The fourth-order valence-electron chi connectivity index (χ4n) is 4.14. The van der Waals surface area contributed by atoms with Gasteiger partial charge < -0.3 is 29.8 Å². The second-order valence-electron chi connectivity index (χ2n) is 7.89. The van der Waals surface area contributed by atoms with Gasteiger partial charge in [-0.05, 0) is 35.9 Å². The Bertz CT molecular complexity index is 1490. The van der Waals surface area contributed by atoms with Gasteiger partial charge in [0.1, 0.15) is 11.3 Å². The number of nitrogens with zero attached hydrogens (tertiary/aromatic N) is 3. The van der Waals surface area contributed by atoms with Gasteiger partial charge in [0.25, 0.3) is 0 Å². The summed E-state index contributed by atoms with van der Waals surface area (Å²) in [6, 6.07) is 19.6. The molecule has 0 unspecified atom stereocenters. The number of hydrogen-bond donors (Lipinski definition) is 3. The van der Waals surface area contributed by atoms with Gasteiger partial charge in [-0.15, -0.1) is 0 Å². The topological polar surface area (TPSA) is 116 Å². The van der Waals surface area contributed by atoms with Crippen LogP contribution >= 0.6 is 0 Å². The van der Waals surface area contributed by atoms with Crippen molar-refractivity contribution < 1.29 is 19.7 Å². The number of ether oxygens (including phenoxy) is 1. The lowest BCUT2D eigenvalue weighted by molar-refractivity contribution is -0.137. The van der Waals surface area contributed by atoms with E-state index in [0.717, 1.165) is 16.5 Å². The lowest BCUT2D eigenvalue weighted by Crippen LogP contribution is -2.14. The molecule has 0 saturated heterocycles. The molecule has 4 N–H and O–H groups in total. The van der Waals surface area contributed by atoms with E-state index in [1.807, 2.05) is 55.6 Å². The van der Waals surface area contributed by atoms with Gasteiger partial charge in [-0.25, -0.2) is 4.98 Å². The van der Waals surface area contributed by atoms with Crippen molar-refractivity contribution in [3.63, 3.8) is 0 Å². The molecule has 0 bridgehead atoms. The highest BCUT2D eigenvalue weighted by atomic mass is 16.5. The maximum atomic E-state index is 11.5.